The zero-order valence-electron chi connectivity index (χ0n) is 8.08. The van der Waals surface area contributed by atoms with Gasteiger partial charge < -0.3 is 10.5 Å². The number of nitrogens with zero attached hydrogens (tertiary/aromatic N) is 2. The molecule has 0 atom stereocenters. The Bertz CT molecular complexity index is 276. The van der Waals surface area contributed by atoms with Crippen molar-refractivity contribution in [1.29, 1.82) is 0 Å². The Hall–Kier alpha value is -1.32. The Kier molecular flexibility index (Phi) is 3.49. The van der Waals surface area contributed by atoms with Crippen molar-refractivity contribution in [1.82, 2.24) is 9.97 Å². The average molecular weight is 181 g/mol. The normalized spacial score (nSPS) is 10.0. The fourth-order valence-corrected chi connectivity index (χ4v) is 0.890. The Morgan fingerprint density at radius 1 is 1.46 bits per heavy atom. The van der Waals surface area contributed by atoms with Crippen molar-refractivity contribution < 1.29 is 4.74 Å². The zero-order valence-corrected chi connectivity index (χ0v) is 8.08. The summed E-state index contributed by atoms with van der Waals surface area (Å²) in [7, 11) is 0. The van der Waals surface area contributed by atoms with Gasteiger partial charge in [-0.05, 0) is 13.3 Å². The number of aromatic nitrogens is 2. The molecular weight excluding hydrogens is 166 g/mol. The first-order chi connectivity index (χ1) is 6.25. The van der Waals surface area contributed by atoms with Gasteiger partial charge in [-0.1, -0.05) is 13.3 Å². The Morgan fingerprint density at radius 3 is 2.92 bits per heavy atom. The summed E-state index contributed by atoms with van der Waals surface area (Å²) < 4.78 is 5.38. The molecule has 0 saturated heterocycles. The molecule has 0 spiro atoms. The molecule has 72 valence electrons. The number of hydrogen-bond donors (Lipinski definition) is 1. The van der Waals surface area contributed by atoms with Crippen molar-refractivity contribution in [3.8, 4) is 5.88 Å². The van der Waals surface area contributed by atoms with Crippen molar-refractivity contribution >= 4 is 5.69 Å². The molecule has 1 aromatic heterocycles. The number of anilines is 1. The Balaban J connectivity index is 2.61. The maximum Gasteiger partial charge on any atom is 0.240 e. The van der Waals surface area contributed by atoms with E-state index in [0.717, 1.165) is 18.5 Å². The molecule has 0 aliphatic rings. The highest BCUT2D eigenvalue weighted by molar-refractivity contribution is 5.50. The first-order valence-electron chi connectivity index (χ1n) is 4.45. The van der Waals surface area contributed by atoms with Gasteiger partial charge in [0.2, 0.25) is 5.88 Å². The molecule has 0 saturated carbocycles. The quantitative estimate of drug-likeness (QED) is 0.716. The van der Waals surface area contributed by atoms with Gasteiger partial charge in [0.1, 0.15) is 12.0 Å². The molecule has 0 bridgehead atoms. The van der Waals surface area contributed by atoms with E-state index in [0.29, 0.717) is 18.2 Å². The first-order valence-corrected chi connectivity index (χ1v) is 4.45. The topological polar surface area (TPSA) is 61.0 Å². The molecule has 0 aromatic carbocycles. The highest BCUT2D eigenvalue weighted by Crippen LogP contribution is 2.19. The average Bonchev–Trinajstić information content (AvgIpc) is 2.13. The van der Waals surface area contributed by atoms with Gasteiger partial charge in [-0.25, -0.2) is 4.98 Å². The predicted octanol–water partition coefficient (Wildman–Crippen LogP) is 1.55. The molecule has 1 aromatic rings. The molecule has 0 unspecified atom stereocenters. The highest BCUT2D eigenvalue weighted by Gasteiger charge is 2.04. The van der Waals surface area contributed by atoms with Crippen LogP contribution in [-0.4, -0.2) is 16.6 Å². The number of unbranched alkanes of at least 4 members (excludes halogenated alkanes) is 1. The molecule has 0 aliphatic carbocycles. The van der Waals surface area contributed by atoms with Gasteiger partial charge in [0.15, 0.2) is 0 Å². The van der Waals surface area contributed by atoms with Crippen molar-refractivity contribution in [3.05, 3.63) is 12.0 Å². The fourth-order valence-electron chi connectivity index (χ4n) is 0.890. The summed E-state index contributed by atoms with van der Waals surface area (Å²) in [4.78, 5) is 7.90. The molecule has 1 heterocycles. The van der Waals surface area contributed by atoms with Crippen LogP contribution in [0.15, 0.2) is 6.33 Å². The van der Waals surface area contributed by atoms with Crippen molar-refractivity contribution in [2.45, 2.75) is 26.7 Å². The molecule has 4 heteroatoms. The lowest BCUT2D eigenvalue weighted by Gasteiger charge is -2.07. The minimum Gasteiger partial charge on any atom is -0.476 e. The van der Waals surface area contributed by atoms with Crippen LogP contribution < -0.4 is 10.5 Å². The molecule has 0 fully saturated rings. The van der Waals surface area contributed by atoms with Gasteiger partial charge >= 0.3 is 0 Å². The number of aryl methyl sites for hydroxylation is 1. The summed E-state index contributed by atoms with van der Waals surface area (Å²) in [5.41, 5.74) is 7.02. The summed E-state index contributed by atoms with van der Waals surface area (Å²) in [5.74, 6) is 0.501. The van der Waals surface area contributed by atoms with E-state index in [1.807, 2.05) is 6.92 Å². The summed E-state index contributed by atoms with van der Waals surface area (Å²) in [6, 6.07) is 0. The van der Waals surface area contributed by atoms with E-state index in [1.54, 1.807) is 0 Å². The third-order valence-electron chi connectivity index (χ3n) is 1.78. The predicted molar refractivity (Wildman–Crippen MR) is 51.6 cm³/mol. The first kappa shape index (κ1) is 9.77. The SMILES string of the molecule is CCCCOc1ncnc(C)c1N. The standard InChI is InChI=1S/C9H15N3O/c1-3-4-5-13-9-8(10)7(2)11-6-12-9/h6H,3-5,10H2,1-2H3. The number of hydrogen-bond acceptors (Lipinski definition) is 4. The lowest BCUT2D eigenvalue weighted by molar-refractivity contribution is 0.299. The fraction of sp³-hybridized carbons (Fsp3) is 0.556. The smallest absolute Gasteiger partial charge is 0.240 e. The minimum absolute atomic E-state index is 0.501. The van der Waals surface area contributed by atoms with Crippen LogP contribution in [-0.2, 0) is 0 Å². The number of rotatable bonds is 4. The number of ether oxygens (including phenoxy) is 1. The highest BCUT2D eigenvalue weighted by atomic mass is 16.5. The second-order valence-electron chi connectivity index (χ2n) is 2.88. The van der Waals surface area contributed by atoms with Crippen LogP contribution >= 0.6 is 0 Å². The van der Waals surface area contributed by atoms with E-state index in [9.17, 15) is 0 Å². The summed E-state index contributed by atoms with van der Waals surface area (Å²) in [6.07, 6.45) is 3.58. The molecule has 4 nitrogen and oxygen atoms in total. The van der Waals surface area contributed by atoms with Gasteiger partial charge in [-0.3, -0.25) is 0 Å². The van der Waals surface area contributed by atoms with Gasteiger partial charge in [-0.15, -0.1) is 0 Å². The maximum absolute atomic E-state index is 5.71. The summed E-state index contributed by atoms with van der Waals surface area (Å²) in [6.45, 7) is 4.61. The van der Waals surface area contributed by atoms with Crippen molar-refractivity contribution in [3.63, 3.8) is 0 Å². The van der Waals surface area contributed by atoms with Crippen LogP contribution in [0.1, 0.15) is 25.5 Å². The largest absolute Gasteiger partial charge is 0.476 e. The Labute approximate surface area is 78.1 Å². The third kappa shape index (κ3) is 2.57. The van der Waals surface area contributed by atoms with Crippen molar-refractivity contribution in [2.24, 2.45) is 0 Å². The summed E-state index contributed by atoms with van der Waals surface area (Å²) >= 11 is 0. The van der Waals surface area contributed by atoms with Crippen LogP contribution in [0.4, 0.5) is 5.69 Å². The van der Waals surface area contributed by atoms with E-state index >= 15 is 0 Å². The number of nitrogens with two attached hydrogens (primary N) is 1. The lowest BCUT2D eigenvalue weighted by Crippen LogP contribution is -2.04. The van der Waals surface area contributed by atoms with E-state index in [1.165, 1.54) is 6.33 Å². The van der Waals surface area contributed by atoms with E-state index < -0.39 is 0 Å². The van der Waals surface area contributed by atoms with Gasteiger partial charge in [0.05, 0.1) is 12.3 Å². The molecule has 0 radical (unpaired) electrons. The van der Waals surface area contributed by atoms with Crippen LogP contribution in [0.3, 0.4) is 0 Å². The van der Waals surface area contributed by atoms with Crippen LogP contribution in [0, 0.1) is 6.92 Å². The molecule has 0 aliphatic heterocycles. The molecule has 13 heavy (non-hydrogen) atoms. The van der Waals surface area contributed by atoms with Gasteiger partial charge in [-0.2, -0.15) is 4.98 Å². The lowest BCUT2D eigenvalue weighted by atomic mass is 10.3. The number of nitrogen functional groups attached to an aromatic ring is 1. The minimum atomic E-state index is 0.501. The summed E-state index contributed by atoms with van der Waals surface area (Å²) in [5, 5.41) is 0. The van der Waals surface area contributed by atoms with Crippen LogP contribution in [0.25, 0.3) is 0 Å². The Morgan fingerprint density at radius 2 is 2.23 bits per heavy atom. The third-order valence-corrected chi connectivity index (χ3v) is 1.78. The maximum atomic E-state index is 5.71. The van der Waals surface area contributed by atoms with E-state index in [2.05, 4.69) is 16.9 Å². The van der Waals surface area contributed by atoms with E-state index in [4.69, 9.17) is 10.5 Å². The molecule has 2 N–H and O–H groups in total. The van der Waals surface area contributed by atoms with Crippen LogP contribution in [0.5, 0.6) is 5.88 Å². The zero-order chi connectivity index (χ0) is 9.68. The monoisotopic (exact) mass is 181 g/mol. The second-order valence-corrected chi connectivity index (χ2v) is 2.88. The van der Waals surface area contributed by atoms with Gasteiger partial charge in [0.25, 0.3) is 0 Å². The molecule has 0 amide bonds. The molecule has 1 rings (SSSR count). The van der Waals surface area contributed by atoms with Crippen LogP contribution in [0.2, 0.25) is 0 Å². The van der Waals surface area contributed by atoms with Crippen molar-refractivity contribution in [2.75, 3.05) is 12.3 Å². The molecular formula is C9H15N3O. The van der Waals surface area contributed by atoms with E-state index in [-0.39, 0.29) is 0 Å². The second kappa shape index (κ2) is 4.64. The van der Waals surface area contributed by atoms with Gasteiger partial charge in [0, 0.05) is 0 Å².